The van der Waals surface area contributed by atoms with Gasteiger partial charge in [-0.2, -0.15) is 0 Å². The van der Waals surface area contributed by atoms with E-state index in [9.17, 15) is 14.7 Å². The lowest BCUT2D eigenvalue weighted by Crippen LogP contribution is -2.29. The molecule has 1 aliphatic heterocycles. The molecule has 1 fully saturated rings. The number of carbonyl (C=O) groups is 2. The number of thiocarbonyl (C=S) groups is 1. The van der Waals surface area contributed by atoms with Crippen LogP contribution in [0, 0.1) is 0 Å². The minimum atomic E-state index is -0.989. The van der Waals surface area contributed by atoms with E-state index in [0.717, 1.165) is 16.9 Å². The van der Waals surface area contributed by atoms with Crippen LogP contribution in [0.5, 0.6) is 5.75 Å². The molecule has 1 amide bonds. The number of nitrogens with zero attached hydrogens (tertiary/aromatic N) is 2. The Morgan fingerprint density at radius 1 is 0.930 bits per heavy atom. The smallest absolute Gasteiger partial charge is 0.335 e. The fourth-order valence-corrected chi connectivity index (χ4v) is 5.28. The molecule has 6 rings (SSSR count). The van der Waals surface area contributed by atoms with Gasteiger partial charge in [0.25, 0.3) is 5.91 Å². The Hall–Kier alpha value is -5.48. The molecule has 3 N–H and O–H groups in total. The second kappa shape index (κ2) is 12.2. The van der Waals surface area contributed by atoms with Gasteiger partial charge in [-0.1, -0.05) is 36.4 Å². The van der Waals surface area contributed by atoms with Gasteiger partial charge >= 0.3 is 5.97 Å². The van der Waals surface area contributed by atoms with Crippen LogP contribution in [-0.4, -0.2) is 33.7 Å². The molecule has 3 heterocycles. The van der Waals surface area contributed by atoms with Crippen molar-refractivity contribution in [2.24, 2.45) is 0 Å². The van der Waals surface area contributed by atoms with Gasteiger partial charge in [0.1, 0.15) is 23.3 Å². The zero-order chi connectivity index (χ0) is 29.8. The molecular formula is C33H26N4O5S. The van der Waals surface area contributed by atoms with Gasteiger partial charge in [-0.25, -0.2) is 4.79 Å². The standard InChI is InChI=1S/C33H26N4O5S/c38-29(20-41-25-6-2-1-3-7-25)35-23-13-15-24(16-14-23)37-31(30(36-33(37)43)26-8-4-5-19-34-26)28-18-17-27(42-28)21-9-11-22(12-10-21)32(39)40/h1-19,30-31H,20H2,(H,35,38)(H,36,43)(H,39,40). The first-order valence-electron chi connectivity index (χ1n) is 13.5. The molecule has 2 atom stereocenters. The number of carboxylic acid groups (broad SMARTS) is 1. The average molecular weight is 591 g/mol. The number of amides is 1. The maximum Gasteiger partial charge on any atom is 0.335 e. The van der Waals surface area contributed by atoms with E-state index in [1.54, 1.807) is 54.7 Å². The van der Waals surface area contributed by atoms with Gasteiger partial charge in [0.2, 0.25) is 0 Å². The van der Waals surface area contributed by atoms with E-state index in [1.807, 2.05) is 65.6 Å². The number of hydrogen-bond acceptors (Lipinski definition) is 6. The molecule has 0 saturated carbocycles. The quantitative estimate of drug-likeness (QED) is 0.172. The third-order valence-corrected chi connectivity index (χ3v) is 7.29. The Morgan fingerprint density at radius 2 is 1.67 bits per heavy atom. The van der Waals surface area contributed by atoms with Crippen LogP contribution < -0.4 is 20.3 Å². The van der Waals surface area contributed by atoms with Gasteiger partial charge in [-0.3, -0.25) is 9.78 Å². The summed E-state index contributed by atoms with van der Waals surface area (Å²) in [6, 6.07) is 31.8. The first kappa shape index (κ1) is 27.7. The Morgan fingerprint density at radius 3 is 2.37 bits per heavy atom. The van der Waals surface area contributed by atoms with Crippen molar-refractivity contribution in [3.63, 3.8) is 0 Å². The highest BCUT2D eigenvalue weighted by Crippen LogP contribution is 2.43. The lowest BCUT2D eigenvalue weighted by Gasteiger charge is -2.26. The molecule has 1 aliphatic rings. The molecule has 2 aromatic heterocycles. The predicted octanol–water partition coefficient (Wildman–Crippen LogP) is 6.23. The van der Waals surface area contributed by atoms with E-state index in [2.05, 4.69) is 15.6 Å². The number of hydrogen-bond donors (Lipinski definition) is 3. The molecule has 2 unspecified atom stereocenters. The number of aromatic nitrogens is 1. The normalized spacial score (nSPS) is 16.0. The summed E-state index contributed by atoms with van der Waals surface area (Å²) < 4.78 is 11.9. The SMILES string of the molecule is O=C(COc1ccccc1)Nc1ccc(N2C(=S)NC(c3ccccn3)C2c2ccc(-c3ccc(C(=O)O)cc3)o2)cc1. The number of carboxylic acids is 1. The number of nitrogens with one attached hydrogen (secondary N) is 2. The zero-order valence-electron chi connectivity index (χ0n) is 22.7. The second-order valence-electron chi connectivity index (χ2n) is 9.78. The Balaban J connectivity index is 1.25. The van der Waals surface area contributed by atoms with Crippen LogP contribution in [0.15, 0.2) is 120 Å². The predicted molar refractivity (Wildman–Crippen MR) is 166 cm³/mol. The molecule has 5 aromatic rings. The Labute approximate surface area is 252 Å². The molecule has 0 spiro atoms. The van der Waals surface area contributed by atoms with Crippen molar-refractivity contribution >= 4 is 40.6 Å². The van der Waals surface area contributed by atoms with Crippen molar-refractivity contribution in [3.05, 3.63) is 132 Å². The summed E-state index contributed by atoms with van der Waals surface area (Å²) in [5.74, 6) is 0.602. The van der Waals surface area contributed by atoms with Crippen LogP contribution >= 0.6 is 12.2 Å². The number of carbonyl (C=O) groups excluding carboxylic acids is 1. The van der Waals surface area contributed by atoms with Crippen LogP contribution in [0.1, 0.15) is 33.9 Å². The number of rotatable bonds is 9. The maximum atomic E-state index is 12.5. The highest BCUT2D eigenvalue weighted by atomic mass is 32.1. The van der Waals surface area contributed by atoms with Crippen molar-refractivity contribution in [1.82, 2.24) is 10.3 Å². The maximum absolute atomic E-state index is 12.5. The molecule has 0 bridgehead atoms. The largest absolute Gasteiger partial charge is 0.484 e. The van der Waals surface area contributed by atoms with Gasteiger partial charge < -0.3 is 29.8 Å². The summed E-state index contributed by atoms with van der Waals surface area (Å²) in [4.78, 5) is 30.3. The Bertz CT molecular complexity index is 1740. The highest BCUT2D eigenvalue weighted by molar-refractivity contribution is 7.80. The lowest BCUT2D eigenvalue weighted by atomic mass is 10.0. The summed E-state index contributed by atoms with van der Waals surface area (Å²) in [7, 11) is 0. The van der Waals surface area contributed by atoms with Gasteiger partial charge in [0.05, 0.1) is 17.3 Å². The summed E-state index contributed by atoms with van der Waals surface area (Å²) in [6.45, 7) is -0.112. The summed E-state index contributed by atoms with van der Waals surface area (Å²) >= 11 is 5.80. The van der Waals surface area contributed by atoms with Crippen LogP contribution in [-0.2, 0) is 4.79 Å². The van der Waals surface area contributed by atoms with E-state index < -0.39 is 5.97 Å². The monoisotopic (exact) mass is 590 g/mol. The summed E-state index contributed by atoms with van der Waals surface area (Å²) in [6.07, 6.45) is 1.73. The molecule has 10 heteroatoms. The first-order chi connectivity index (χ1) is 21.0. The molecule has 43 heavy (non-hydrogen) atoms. The van der Waals surface area contributed by atoms with E-state index in [4.69, 9.17) is 21.4 Å². The number of furan rings is 1. The second-order valence-corrected chi connectivity index (χ2v) is 10.2. The van der Waals surface area contributed by atoms with E-state index >= 15 is 0 Å². The molecule has 0 radical (unpaired) electrons. The molecule has 9 nitrogen and oxygen atoms in total. The molecule has 0 aliphatic carbocycles. The van der Waals surface area contributed by atoms with Gasteiger partial charge in [-0.05, 0) is 85.0 Å². The van der Waals surface area contributed by atoms with Crippen molar-refractivity contribution in [3.8, 4) is 17.1 Å². The zero-order valence-corrected chi connectivity index (χ0v) is 23.5. The van der Waals surface area contributed by atoms with E-state index in [1.165, 1.54) is 0 Å². The van der Waals surface area contributed by atoms with Crippen molar-refractivity contribution in [1.29, 1.82) is 0 Å². The number of benzene rings is 3. The third kappa shape index (κ3) is 6.09. The number of para-hydroxylation sites is 1. The topological polar surface area (TPSA) is 117 Å². The fourth-order valence-electron chi connectivity index (χ4n) is 4.93. The molecule has 214 valence electrons. The van der Waals surface area contributed by atoms with Crippen LogP contribution in [0.4, 0.5) is 11.4 Å². The molecule has 3 aromatic carbocycles. The molecular weight excluding hydrogens is 564 g/mol. The lowest BCUT2D eigenvalue weighted by molar-refractivity contribution is -0.118. The van der Waals surface area contributed by atoms with Crippen LogP contribution in [0.2, 0.25) is 0 Å². The van der Waals surface area contributed by atoms with Crippen molar-refractivity contribution in [2.45, 2.75) is 12.1 Å². The summed E-state index contributed by atoms with van der Waals surface area (Å²) in [5.41, 5.74) is 3.16. The Kier molecular flexibility index (Phi) is 7.84. The fraction of sp³-hybridized carbons (Fsp3) is 0.0909. The van der Waals surface area contributed by atoms with Crippen LogP contribution in [0.25, 0.3) is 11.3 Å². The minimum absolute atomic E-state index is 0.112. The van der Waals surface area contributed by atoms with Gasteiger partial charge in [-0.15, -0.1) is 0 Å². The van der Waals surface area contributed by atoms with Gasteiger partial charge in [0.15, 0.2) is 11.7 Å². The highest BCUT2D eigenvalue weighted by Gasteiger charge is 2.42. The van der Waals surface area contributed by atoms with Crippen LogP contribution in [0.3, 0.4) is 0 Å². The van der Waals surface area contributed by atoms with Crippen molar-refractivity contribution < 1.29 is 23.8 Å². The number of pyridine rings is 1. The number of anilines is 2. The average Bonchev–Trinajstić information content (AvgIpc) is 3.66. The summed E-state index contributed by atoms with van der Waals surface area (Å²) in [5, 5.41) is 16.0. The first-order valence-corrected chi connectivity index (χ1v) is 13.9. The molecule has 1 saturated heterocycles. The van der Waals surface area contributed by atoms with E-state index in [0.29, 0.717) is 28.1 Å². The number of aromatic carboxylic acids is 1. The van der Waals surface area contributed by atoms with E-state index in [-0.39, 0.29) is 30.2 Å². The number of ether oxygens (including phenoxy) is 1. The third-order valence-electron chi connectivity index (χ3n) is 6.98. The minimum Gasteiger partial charge on any atom is -0.484 e. The van der Waals surface area contributed by atoms with Crippen molar-refractivity contribution in [2.75, 3.05) is 16.8 Å². The van der Waals surface area contributed by atoms with Gasteiger partial charge in [0, 0.05) is 23.1 Å².